The number of likely N-dealkylation sites (N-methyl/N-ethyl adjacent to an activating group) is 1. The normalized spacial score (nSPS) is 21.0. The zero-order valence-electron chi connectivity index (χ0n) is 14.4. The summed E-state index contributed by atoms with van der Waals surface area (Å²) < 4.78 is 13.9. The van der Waals surface area contributed by atoms with E-state index in [-0.39, 0.29) is 6.04 Å². The molecule has 3 aromatic rings. The Balaban J connectivity index is 1.71. The second kappa shape index (κ2) is 7.13. The molecule has 0 bridgehead atoms. The zero-order chi connectivity index (χ0) is 18.1. The number of nitrogens with one attached hydrogen (secondary N) is 1. The van der Waals surface area contributed by atoms with Crippen molar-refractivity contribution in [1.29, 1.82) is 0 Å². The third kappa shape index (κ3) is 3.48. The summed E-state index contributed by atoms with van der Waals surface area (Å²) in [5.74, 6) is 0.637. The van der Waals surface area contributed by atoms with Gasteiger partial charge in [-0.05, 0) is 25.2 Å². The molecule has 2 aromatic heterocycles. The molecule has 0 unspecified atom stereocenters. The minimum atomic E-state index is -0.836. The Kier molecular flexibility index (Phi) is 4.70. The van der Waals surface area contributed by atoms with E-state index in [2.05, 4.69) is 20.5 Å². The summed E-state index contributed by atoms with van der Waals surface area (Å²) in [6, 6.07) is 9.41. The number of aromatic nitrogens is 3. The van der Waals surface area contributed by atoms with E-state index in [0.29, 0.717) is 23.8 Å². The van der Waals surface area contributed by atoms with Crippen molar-refractivity contribution in [3.05, 3.63) is 47.7 Å². The van der Waals surface area contributed by atoms with E-state index in [1.54, 1.807) is 12.4 Å². The topological polar surface area (TPSA) is 53.9 Å². The van der Waals surface area contributed by atoms with Crippen molar-refractivity contribution in [3.8, 4) is 11.3 Å². The Labute approximate surface area is 156 Å². The van der Waals surface area contributed by atoms with Crippen LogP contribution in [0.4, 0.5) is 10.2 Å². The van der Waals surface area contributed by atoms with Gasteiger partial charge in [-0.25, -0.2) is 4.39 Å². The van der Waals surface area contributed by atoms with Crippen LogP contribution >= 0.6 is 11.6 Å². The minimum Gasteiger partial charge on any atom is -0.364 e. The standard InChI is InChI=1S/C19H19ClFN5/c1-26-10-14(21)8-15(11-26)23-19-17-9-22-7-6-16(17)18(24-25-19)12-2-4-13(20)5-3-12/h2-7,9,14-15H,8,10-11H2,1H3,(H,23,25)/t14-,15-/m1/s1. The fourth-order valence-electron chi connectivity index (χ4n) is 3.47. The highest BCUT2D eigenvalue weighted by atomic mass is 35.5. The molecule has 1 aromatic carbocycles. The van der Waals surface area contributed by atoms with Crippen molar-refractivity contribution in [2.75, 3.05) is 25.5 Å². The molecule has 7 heteroatoms. The highest BCUT2D eigenvalue weighted by Crippen LogP contribution is 2.30. The Morgan fingerprint density at radius 3 is 2.69 bits per heavy atom. The smallest absolute Gasteiger partial charge is 0.158 e. The molecule has 5 nitrogen and oxygen atoms in total. The lowest BCUT2D eigenvalue weighted by atomic mass is 10.0. The molecule has 0 radical (unpaired) electrons. The molecule has 0 saturated carbocycles. The minimum absolute atomic E-state index is 0.0113. The predicted molar refractivity (Wildman–Crippen MR) is 102 cm³/mol. The first-order valence-corrected chi connectivity index (χ1v) is 8.93. The van der Waals surface area contributed by atoms with Crippen LogP contribution in [0.5, 0.6) is 0 Å². The first kappa shape index (κ1) is 17.1. The van der Waals surface area contributed by atoms with Gasteiger partial charge in [0.15, 0.2) is 5.82 Å². The van der Waals surface area contributed by atoms with Gasteiger partial charge in [0, 0.05) is 59.3 Å². The third-order valence-corrected chi connectivity index (χ3v) is 4.87. The van der Waals surface area contributed by atoms with Crippen LogP contribution in [-0.4, -0.2) is 52.4 Å². The van der Waals surface area contributed by atoms with Gasteiger partial charge in [-0.1, -0.05) is 23.7 Å². The van der Waals surface area contributed by atoms with Crippen molar-refractivity contribution in [2.45, 2.75) is 18.6 Å². The summed E-state index contributed by atoms with van der Waals surface area (Å²) in [5.41, 5.74) is 1.71. The van der Waals surface area contributed by atoms with Crippen molar-refractivity contribution in [1.82, 2.24) is 20.1 Å². The van der Waals surface area contributed by atoms with Crippen LogP contribution in [0.15, 0.2) is 42.7 Å². The molecule has 1 N–H and O–H groups in total. The summed E-state index contributed by atoms with van der Waals surface area (Å²) in [7, 11) is 1.93. The molecular weight excluding hydrogens is 353 g/mol. The number of rotatable bonds is 3. The second-order valence-corrected chi connectivity index (χ2v) is 7.16. The number of piperidine rings is 1. The highest BCUT2D eigenvalue weighted by Gasteiger charge is 2.26. The predicted octanol–water partition coefficient (Wildman–Crippen LogP) is 3.80. The molecule has 1 fully saturated rings. The number of benzene rings is 1. The molecule has 1 aliphatic rings. The van der Waals surface area contributed by atoms with E-state index in [1.165, 1.54) is 0 Å². The summed E-state index contributed by atoms with van der Waals surface area (Å²) >= 11 is 5.98. The Morgan fingerprint density at radius 2 is 1.92 bits per heavy atom. The zero-order valence-corrected chi connectivity index (χ0v) is 15.1. The van der Waals surface area contributed by atoms with Crippen molar-refractivity contribution in [3.63, 3.8) is 0 Å². The Hall–Kier alpha value is -2.31. The van der Waals surface area contributed by atoms with Gasteiger partial charge in [0.1, 0.15) is 11.9 Å². The molecule has 1 aliphatic heterocycles. The van der Waals surface area contributed by atoms with Gasteiger partial charge in [0.25, 0.3) is 0 Å². The first-order valence-electron chi connectivity index (χ1n) is 8.55. The van der Waals surface area contributed by atoms with Crippen LogP contribution < -0.4 is 5.32 Å². The van der Waals surface area contributed by atoms with Gasteiger partial charge < -0.3 is 10.2 Å². The van der Waals surface area contributed by atoms with Gasteiger partial charge >= 0.3 is 0 Å². The van der Waals surface area contributed by atoms with E-state index in [4.69, 9.17) is 11.6 Å². The van der Waals surface area contributed by atoms with Crippen molar-refractivity contribution >= 4 is 28.2 Å². The summed E-state index contributed by atoms with van der Waals surface area (Å²) in [6.07, 6.45) is 3.13. The molecule has 134 valence electrons. The number of fused-ring (bicyclic) bond motifs is 1. The van der Waals surface area contributed by atoms with Gasteiger partial charge in [0.2, 0.25) is 0 Å². The lowest BCUT2D eigenvalue weighted by molar-refractivity contribution is 0.153. The van der Waals surface area contributed by atoms with Crippen LogP contribution in [0.1, 0.15) is 6.42 Å². The molecule has 4 rings (SSSR count). The number of nitrogens with zero attached hydrogens (tertiary/aromatic N) is 4. The maximum Gasteiger partial charge on any atom is 0.158 e. The molecule has 0 aliphatic carbocycles. The summed E-state index contributed by atoms with van der Waals surface area (Å²) in [4.78, 5) is 6.22. The number of anilines is 1. The van der Waals surface area contributed by atoms with E-state index < -0.39 is 6.17 Å². The molecule has 26 heavy (non-hydrogen) atoms. The first-order chi connectivity index (χ1) is 12.6. The number of halogens is 2. The third-order valence-electron chi connectivity index (χ3n) is 4.62. The number of alkyl halides is 1. The maximum atomic E-state index is 13.9. The SMILES string of the molecule is CN1C[C@H](F)C[C@@H](Nc2nnc(-c3ccc(Cl)cc3)c3ccncc23)C1. The second-order valence-electron chi connectivity index (χ2n) is 6.72. The summed E-state index contributed by atoms with van der Waals surface area (Å²) in [5, 5.41) is 14.6. The number of hydrogen-bond donors (Lipinski definition) is 1. The highest BCUT2D eigenvalue weighted by molar-refractivity contribution is 6.30. The van der Waals surface area contributed by atoms with Crippen molar-refractivity contribution < 1.29 is 4.39 Å². The van der Waals surface area contributed by atoms with Gasteiger partial charge in [0.05, 0.1) is 0 Å². The average Bonchev–Trinajstić information content (AvgIpc) is 2.62. The van der Waals surface area contributed by atoms with Crippen LogP contribution in [0, 0.1) is 0 Å². The van der Waals surface area contributed by atoms with Gasteiger partial charge in [-0.3, -0.25) is 4.98 Å². The van der Waals surface area contributed by atoms with E-state index in [9.17, 15) is 4.39 Å². The molecular formula is C19H19ClFN5. The lowest BCUT2D eigenvalue weighted by Crippen LogP contribution is -2.45. The van der Waals surface area contributed by atoms with Gasteiger partial charge in [-0.2, -0.15) is 0 Å². The Bertz CT molecular complexity index is 907. The molecule has 0 amide bonds. The number of pyridine rings is 1. The molecule has 3 heterocycles. The maximum absolute atomic E-state index is 13.9. The van der Waals surface area contributed by atoms with E-state index in [0.717, 1.165) is 28.6 Å². The Morgan fingerprint density at radius 1 is 1.12 bits per heavy atom. The largest absolute Gasteiger partial charge is 0.364 e. The van der Waals surface area contributed by atoms with Crippen LogP contribution in [0.3, 0.4) is 0 Å². The monoisotopic (exact) mass is 371 g/mol. The fraction of sp³-hybridized carbons (Fsp3) is 0.316. The lowest BCUT2D eigenvalue weighted by Gasteiger charge is -2.32. The van der Waals surface area contributed by atoms with Crippen LogP contribution in [-0.2, 0) is 0 Å². The average molecular weight is 372 g/mol. The van der Waals surface area contributed by atoms with Gasteiger partial charge in [-0.15, -0.1) is 10.2 Å². The quantitative estimate of drug-likeness (QED) is 0.759. The van der Waals surface area contributed by atoms with E-state index >= 15 is 0 Å². The molecule has 2 atom stereocenters. The van der Waals surface area contributed by atoms with Crippen LogP contribution in [0.2, 0.25) is 5.02 Å². The van der Waals surface area contributed by atoms with Crippen molar-refractivity contribution in [2.24, 2.45) is 0 Å². The number of hydrogen-bond acceptors (Lipinski definition) is 5. The van der Waals surface area contributed by atoms with Crippen LogP contribution in [0.25, 0.3) is 22.0 Å². The number of likely N-dealkylation sites (tertiary alicyclic amines) is 1. The fourth-order valence-corrected chi connectivity index (χ4v) is 3.60. The molecule has 0 spiro atoms. The van der Waals surface area contributed by atoms with E-state index in [1.807, 2.05) is 42.3 Å². The molecule has 1 saturated heterocycles. The summed E-state index contributed by atoms with van der Waals surface area (Å²) in [6.45, 7) is 1.24.